The lowest BCUT2D eigenvalue weighted by Crippen LogP contribution is -2.23. The minimum absolute atomic E-state index is 0.206. The number of anilines is 1. The van der Waals surface area contributed by atoms with Crippen molar-refractivity contribution in [1.29, 1.82) is 0 Å². The normalized spacial score (nSPS) is 10.3. The largest absolute Gasteiger partial charge is 0.497 e. The second-order valence-corrected chi connectivity index (χ2v) is 5.97. The molecule has 2 aromatic rings. The van der Waals surface area contributed by atoms with E-state index < -0.39 is 11.7 Å². The van der Waals surface area contributed by atoms with Gasteiger partial charge in [0, 0.05) is 17.1 Å². The number of aryl methyl sites for hydroxylation is 2. The minimum atomic E-state index is -0.602. The molecule has 0 spiro atoms. The standard InChI is InChI=1S/C19H20ClNO3/c1-13-6-9-15(20)12-17(13)21-19(23)18(22)5-3-4-14-7-10-16(24-2)11-8-14/h6-12H,3-5H2,1-2H3,(H,21,23). The maximum absolute atomic E-state index is 12.0. The summed E-state index contributed by atoms with van der Waals surface area (Å²) in [5.41, 5.74) is 2.53. The summed E-state index contributed by atoms with van der Waals surface area (Å²) in [6, 6.07) is 12.9. The van der Waals surface area contributed by atoms with E-state index in [1.165, 1.54) is 0 Å². The van der Waals surface area contributed by atoms with Crippen LogP contribution in [0.3, 0.4) is 0 Å². The molecule has 0 heterocycles. The molecule has 2 rings (SSSR count). The van der Waals surface area contributed by atoms with Gasteiger partial charge in [-0.2, -0.15) is 0 Å². The van der Waals surface area contributed by atoms with Gasteiger partial charge in [-0.3, -0.25) is 9.59 Å². The molecule has 24 heavy (non-hydrogen) atoms. The lowest BCUT2D eigenvalue weighted by atomic mass is 10.1. The van der Waals surface area contributed by atoms with Gasteiger partial charge in [-0.1, -0.05) is 29.8 Å². The van der Waals surface area contributed by atoms with Crippen molar-refractivity contribution in [3.63, 3.8) is 0 Å². The van der Waals surface area contributed by atoms with Gasteiger partial charge >= 0.3 is 0 Å². The average Bonchev–Trinajstić information content (AvgIpc) is 2.58. The molecule has 126 valence electrons. The van der Waals surface area contributed by atoms with E-state index in [1.54, 1.807) is 25.3 Å². The number of rotatable bonds is 7. The molecular formula is C19H20ClNO3. The summed E-state index contributed by atoms with van der Waals surface area (Å²) in [4.78, 5) is 24.0. The van der Waals surface area contributed by atoms with E-state index in [2.05, 4.69) is 5.32 Å². The molecule has 0 aliphatic heterocycles. The zero-order valence-electron chi connectivity index (χ0n) is 13.8. The van der Waals surface area contributed by atoms with Crippen LogP contribution in [0.25, 0.3) is 0 Å². The highest BCUT2D eigenvalue weighted by Crippen LogP contribution is 2.20. The van der Waals surface area contributed by atoms with E-state index >= 15 is 0 Å². The SMILES string of the molecule is COc1ccc(CCCC(=O)C(=O)Nc2cc(Cl)ccc2C)cc1. The predicted octanol–water partition coefficient (Wildman–Crippen LogP) is 4.19. The summed E-state index contributed by atoms with van der Waals surface area (Å²) in [6.45, 7) is 1.85. The summed E-state index contributed by atoms with van der Waals surface area (Å²) in [5.74, 6) is -0.232. The van der Waals surface area contributed by atoms with Crippen molar-refractivity contribution >= 4 is 29.0 Å². The number of carbonyl (C=O) groups excluding carboxylic acids is 2. The topological polar surface area (TPSA) is 55.4 Å². The number of hydrogen-bond acceptors (Lipinski definition) is 3. The monoisotopic (exact) mass is 345 g/mol. The van der Waals surface area contributed by atoms with Crippen molar-refractivity contribution in [2.45, 2.75) is 26.2 Å². The van der Waals surface area contributed by atoms with Gasteiger partial charge in [0.2, 0.25) is 5.78 Å². The van der Waals surface area contributed by atoms with Crippen molar-refractivity contribution in [2.75, 3.05) is 12.4 Å². The Morgan fingerprint density at radius 3 is 2.50 bits per heavy atom. The Balaban J connectivity index is 1.83. The highest BCUT2D eigenvalue weighted by Gasteiger charge is 2.14. The molecule has 0 aliphatic rings. The number of carbonyl (C=O) groups is 2. The van der Waals surface area contributed by atoms with Crippen LogP contribution in [0.4, 0.5) is 5.69 Å². The van der Waals surface area contributed by atoms with Crippen LogP contribution in [0.5, 0.6) is 5.75 Å². The third-order valence-electron chi connectivity index (χ3n) is 3.73. The number of benzene rings is 2. The number of halogens is 1. The second-order valence-electron chi connectivity index (χ2n) is 5.54. The Labute approximate surface area is 146 Å². The lowest BCUT2D eigenvalue weighted by molar-refractivity contribution is -0.134. The molecule has 0 bridgehead atoms. The second kappa shape index (κ2) is 8.50. The van der Waals surface area contributed by atoms with Gasteiger partial charge in [0.15, 0.2) is 0 Å². The predicted molar refractivity (Wildman–Crippen MR) is 95.8 cm³/mol. The van der Waals surface area contributed by atoms with Gasteiger partial charge in [0.25, 0.3) is 5.91 Å². The van der Waals surface area contributed by atoms with Crippen LogP contribution in [-0.4, -0.2) is 18.8 Å². The number of Topliss-reactive ketones (excluding diaryl/α,β-unsaturated/α-hetero) is 1. The molecule has 5 heteroatoms. The molecule has 4 nitrogen and oxygen atoms in total. The van der Waals surface area contributed by atoms with Crippen LogP contribution in [-0.2, 0) is 16.0 Å². The van der Waals surface area contributed by atoms with Crippen LogP contribution >= 0.6 is 11.6 Å². The van der Waals surface area contributed by atoms with Gasteiger partial charge < -0.3 is 10.1 Å². The summed E-state index contributed by atoms with van der Waals surface area (Å²) < 4.78 is 5.10. The zero-order chi connectivity index (χ0) is 17.5. The number of ketones is 1. The highest BCUT2D eigenvalue weighted by atomic mass is 35.5. The van der Waals surface area contributed by atoms with Crippen LogP contribution < -0.4 is 10.1 Å². The van der Waals surface area contributed by atoms with Gasteiger partial charge in [-0.15, -0.1) is 0 Å². The number of ether oxygens (including phenoxy) is 1. The Morgan fingerprint density at radius 1 is 1.12 bits per heavy atom. The maximum Gasteiger partial charge on any atom is 0.291 e. The summed E-state index contributed by atoms with van der Waals surface area (Å²) in [7, 11) is 1.62. The number of hydrogen-bond donors (Lipinski definition) is 1. The Kier molecular flexibility index (Phi) is 6.38. The van der Waals surface area contributed by atoms with Gasteiger partial charge in [0.05, 0.1) is 7.11 Å². The first-order valence-corrected chi connectivity index (χ1v) is 8.10. The zero-order valence-corrected chi connectivity index (χ0v) is 14.5. The minimum Gasteiger partial charge on any atom is -0.497 e. The van der Waals surface area contributed by atoms with E-state index in [0.29, 0.717) is 17.1 Å². The van der Waals surface area contributed by atoms with Gasteiger partial charge in [0.1, 0.15) is 5.75 Å². The Morgan fingerprint density at radius 2 is 1.83 bits per heavy atom. The van der Waals surface area contributed by atoms with Crippen LogP contribution in [0.2, 0.25) is 5.02 Å². The fourth-order valence-corrected chi connectivity index (χ4v) is 2.45. The molecule has 2 aromatic carbocycles. The molecular weight excluding hydrogens is 326 g/mol. The molecule has 0 radical (unpaired) electrons. The smallest absolute Gasteiger partial charge is 0.291 e. The van der Waals surface area contributed by atoms with Crippen LogP contribution in [0.1, 0.15) is 24.0 Å². The van der Waals surface area contributed by atoms with Crippen molar-refractivity contribution in [3.8, 4) is 5.75 Å². The number of nitrogens with one attached hydrogen (secondary N) is 1. The quantitative estimate of drug-likeness (QED) is 0.765. The third-order valence-corrected chi connectivity index (χ3v) is 3.96. The number of amides is 1. The van der Waals surface area contributed by atoms with Gasteiger partial charge in [-0.25, -0.2) is 0 Å². The fraction of sp³-hybridized carbons (Fsp3) is 0.263. The van der Waals surface area contributed by atoms with Crippen molar-refractivity contribution < 1.29 is 14.3 Å². The van der Waals surface area contributed by atoms with Crippen LogP contribution in [0.15, 0.2) is 42.5 Å². The van der Waals surface area contributed by atoms with E-state index in [9.17, 15) is 9.59 Å². The van der Waals surface area contributed by atoms with E-state index in [-0.39, 0.29) is 6.42 Å². The molecule has 0 aromatic heterocycles. The van der Waals surface area contributed by atoms with Gasteiger partial charge in [-0.05, 0) is 55.2 Å². The Hall–Kier alpha value is -2.33. The molecule has 0 fully saturated rings. The third kappa shape index (κ3) is 5.10. The lowest BCUT2D eigenvalue weighted by Gasteiger charge is -2.08. The average molecular weight is 346 g/mol. The molecule has 0 saturated heterocycles. The van der Waals surface area contributed by atoms with Crippen LogP contribution in [0, 0.1) is 6.92 Å². The van der Waals surface area contributed by atoms with E-state index in [1.807, 2.05) is 31.2 Å². The Bertz CT molecular complexity index is 726. The van der Waals surface area contributed by atoms with Crippen molar-refractivity contribution in [3.05, 3.63) is 58.6 Å². The molecule has 0 unspecified atom stereocenters. The van der Waals surface area contributed by atoms with E-state index in [0.717, 1.165) is 23.3 Å². The summed E-state index contributed by atoms with van der Waals surface area (Å²) in [5, 5.41) is 3.14. The summed E-state index contributed by atoms with van der Waals surface area (Å²) in [6.07, 6.45) is 1.56. The first-order valence-electron chi connectivity index (χ1n) is 7.73. The van der Waals surface area contributed by atoms with E-state index in [4.69, 9.17) is 16.3 Å². The molecule has 0 atom stereocenters. The maximum atomic E-state index is 12.0. The summed E-state index contributed by atoms with van der Waals surface area (Å²) >= 11 is 5.91. The number of methoxy groups -OCH3 is 1. The first kappa shape index (κ1) is 18.0. The molecule has 0 aliphatic carbocycles. The van der Waals surface area contributed by atoms with Crippen molar-refractivity contribution in [1.82, 2.24) is 0 Å². The fourth-order valence-electron chi connectivity index (χ4n) is 2.28. The van der Waals surface area contributed by atoms with Crippen molar-refractivity contribution in [2.24, 2.45) is 0 Å². The molecule has 1 N–H and O–H groups in total. The highest BCUT2D eigenvalue weighted by molar-refractivity contribution is 6.40. The molecule has 1 amide bonds. The molecule has 0 saturated carbocycles. The first-order chi connectivity index (χ1) is 11.5.